The van der Waals surface area contributed by atoms with Crippen LogP contribution < -0.4 is 0 Å². The quantitative estimate of drug-likeness (QED) is 0.356. The third-order valence-electron chi connectivity index (χ3n) is 6.27. The Labute approximate surface area is 201 Å². The van der Waals surface area contributed by atoms with Crippen LogP contribution in [0.15, 0.2) is 125 Å². The second kappa shape index (κ2) is 9.01. The summed E-state index contributed by atoms with van der Waals surface area (Å²) in [7, 11) is -3.60. The molecular weight excluding hydrogens is 440 g/mol. The first kappa shape index (κ1) is 22.3. The van der Waals surface area contributed by atoms with Crippen LogP contribution in [0.2, 0.25) is 0 Å². The van der Waals surface area contributed by atoms with Crippen molar-refractivity contribution in [1.82, 2.24) is 4.31 Å². The van der Waals surface area contributed by atoms with Crippen LogP contribution in [0.25, 0.3) is 0 Å². The Morgan fingerprint density at radius 3 is 1.68 bits per heavy atom. The van der Waals surface area contributed by atoms with Crippen LogP contribution in [0.1, 0.15) is 22.3 Å². The highest BCUT2D eigenvalue weighted by Crippen LogP contribution is 2.40. The summed E-state index contributed by atoms with van der Waals surface area (Å²) in [5.74, 6) is 0. The second-order valence-corrected chi connectivity index (χ2v) is 10.6. The van der Waals surface area contributed by atoms with Crippen LogP contribution in [0.5, 0.6) is 0 Å². The number of rotatable bonds is 6. The van der Waals surface area contributed by atoms with Gasteiger partial charge < -0.3 is 0 Å². The monoisotopic (exact) mass is 466 g/mol. The predicted octanol–water partition coefficient (Wildman–Crippen LogP) is 5.43. The second-order valence-electron chi connectivity index (χ2n) is 8.68. The zero-order chi connectivity index (χ0) is 23.6. The molecule has 0 radical (unpaired) electrons. The van der Waals surface area contributed by atoms with Crippen LogP contribution >= 0.6 is 0 Å². The van der Waals surface area contributed by atoms with E-state index >= 15 is 0 Å². The van der Waals surface area contributed by atoms with E-state index in [-0.39, 0.29) is 13.1 Å². The smallest absolute Gasteiger partial charge is 0.243 e. The molecule has 1 aliphatic heterocycles. The first-order valence-corrected chi connectivity index (χ1v) is 12.8. The van der Waals surface area contributed by atoms with Crippen molar-refractivity contribution in [2.75, 3.05) is 13.1 Å². The molecule has 1 saturated heterocycles. The van der Waals surface area contributed by atoms with Gasteiger partial charge in [0, 0.05) is 24.2 Å². The fraction of sp³-hybridized carbons (Fsp3) is 0.138. The highest BCUT2D eigenvalue weighted by atomic mass is 32.2. The number of aliphatic imine (C=N–C) groups is 1. The van der Waals surface area contributed by atoms with Crippen LogP contribution in [0.3, 0.4) is 0 Å². The predicted molar refractivity (Wildman–Crippen MR) is 137 cm³/mol. The molecule has 1 fully saturated rings. The molecule has 34 heavy (non-hydrogen) atoms. The number of aryl methyl sites for hydroxylation is 1. The Bertz CT molecular complexity index is 1350. The van der Waals surface area contributed by atoms with Gasteiger partial charge in [0.05, 0.1) is 10.6 Å². The van der Waals surface area contributed by atoms with E-state index in [9.17, 15) is 8.42 Å². The van der Waals surface area contributed by atoms with Crippen molar-refractivity contribution in [2.45, 2.75) is 17.4 Å². The Kier molecular flexibility index (Phi) is 5.90. The molecular formula is C29H26N2O2S. The third kappa shape index (κ3) is 4.20. The van der Waals surface area contributed by atoms with Gasteiger partial charge in [-0.1, -0.05) is 109 Å². The van der Waals surface area contributed by atoms with Crippen molar-refractivity contribution in [1.29, 1.82) is 0 Å². The first-order valence-electron chi connectivity index (χ1n) is 11.3. The average Bonchev–Trinajstić information content (AvgIpc) is 2.85. The topological polar surface area (TPSA) is 49.7 Å². The lowest BCUT2D eigenvalue weighted by atomic mass is 9.84. The van der Waals surface area contributed by atoms with Gasteiger partial charge in [-0.3, -0.25) is 4.99 Å². The van der Waals surface area contributed by atoms with Crippen molar-refractivity contribution in [2.24, 2.45) is 4.99 Å². The molecule has 0 amide bonds. The van der Waals surface area contributed by atoms with E-state index in [0.717, 1.165) is 28.0 Å². The summed E-state index contributed by atoms with van der Waals surface area (Å²) < 4.78 is 28.2. The van der Waals surface area contributed by atoms with E-state index < -0.39 is 15.6 Å². The summed E-state index contributed by atoms with van der Waals surface area (Å²) in [6.07, 6.45) is 0. The largest absolute Gasteiger partial charge is 0.270 e. The molecule has 0 spiro atoms. The maximum atomic E-state index is 13.3. The Morgan fingerprint density at radius 1 is 0.706 bits per heavy atom. The summed E-state index contributed by atoms with van der Waals surface area (Å²) in [4.78, 5) is 5.62. The summed E-state index contributed by atoms with van der Waals surface area (Å²) in [5.41, 5.74) is 4.24. The molecule has 0 aromatic heterocycles. The molecule has 0 aliphatic carbocycles. The maximum Gasteiger partial charge on any atom is 0.243 e. The van der Waals surface area contributed by atoms with Crippen molar-refractivity contribution >= 4 is 15.7 Å². The standard InChI is InChI=1S/C29H26N2O2S/c1-23-17-19-27(20-18-23)34(32,33)31-21-29(22-31,26-15-9-4-10-16-26)30-28(24-11-5-2-6-12-24)25-13-7-3-8-14-25/h2-20H,21-22H2,1H3. The molecule has 0 saturated carbocycles. The number of hydrogen-bond donors (Lipinski definition) is 0. The van der Waals surface area contributed by atoms with Crippen LogP contribution in [0.4, 0.5) is 0 Å². The van der Waals surface area contributed by atoms with E-state index in [1.54, 1.807) is 12.1 Å². The molecule has 170 valence electrons. The maximum absolute atomic E-state index is 13.3. The zero-order valence-electron chi connectivity index (χ0n) is 19.0. The van der Waals surface area contributed by atoms with Crippen LogP contribution in [-0.2, 0) is 15.6 Å². The molecule has 0 unspecified atom stereocenters. The lowest BCUT2D eigenvalue weighted by molar-refractivity contribution is 0.161. The number of nitrogens with zero attached hydrogens (tertiary/aromatic N) is 2. The van der Waals surface area contributed by atoms with E-state index in [4.69, 9.17) is 4.99 Å². The van der Waals surface area contributed by atoms with Crippen molar-refractivity contribution in [3.05, 3.63) is 138 Å². The Morgan fingerprint density at radius 2 is 1.18 bits per heavy atom. The fourth-order valence-corrected chi connectivity index (χ4v) is 5.88. The van der Waals surface area contributed by atoms with Gasteiger partial charge in [-0.25, -0.2) is 8.42 Å². The van der Waals surface area contributed by atoms with Crippen LogP contribution in [0, 0.1) is 6.92 Å². The number of benzene rings is 4. The lowest BCUT2D eigenvalue weighted by Crippen LogP contribution is -2.60. The number of hydrogen-bond acceptors (Lipinski definition) is 3. The fourth-order valence-electron chi connectivity index (χ4n) is 4.33. The van der Waals surface area contributed by atoms with E-state index in [0.29, 0.717) is 4.90 Å². The normalized spacial score (nSPS) is 15.3. The van der Waals surface area contributed by atoms with Crippen molar-refractivity contribution < 1.29 is 8.42 Å². The molecule has 1 heterocycles. The zero-order valence-corrected chi connectivity index (χ0v) is 19.8. The van der Waals surface area contributed by atoms with Gasteiger partial charge >= 0.3 is 0 Å². The van der Waals surface area contributed by atoms with E-state index in [1.165, 1.54) is 4.31 Å². The molecule has 0 N–H and O–H groups in total. The van der Waals surface area contributed by atoms with Gasteiger partial charge in [0.25, 0.3) is 0 Å². The van der Waals surface area contributed by atoms with Gasteiger partial charge in [0.15, 0.2) is 0 Å². The summed E-state index contributed by atoms with van der Waals surface area (Å²) in [5, 5.41) is 0. The first-order chi connectivity index (χ1) is 16.5. The SMILES string of the molecule is Cc1ccc(S(=O)(=O)N2CC(N=C(c3ccccc3)c3ccccc3)(c3ccccc3)C2)cc1. The van der Waals surface area contributed by atoms with Crippen molar-refractivity contribution in [3.8, 4) is 0 Å². The van der Waals surface area contributed by atoms with Gasteiger partial charge in [-0.05, 0) is 24.6 Å². The summed E-state index contributed by atoms with van der Waals surface area (Å²) in [6, 6.07) is 37.2. The van der Waals surface area contributed by atoms with E-state index in [1.807, 2.05) is 110 Å². The number of sulfonamides is 1. The Balaban J connectivity index is 1.59. The van der Waals surface area contributed by atoms with Gasteiger partial charge in [-0.2, -0.15) is 4.31 Å². The minimum atomic E-state index is -3.60. The Hall–Kier alpha value is -3.54. The van der Waals surface area contributed by atoms with Gasteiger partial charge in [0.1, 0.15) is 5.54 Å². The minimum absolute atomic E-state index is 0.288. The molecule has 5 heteroatoms. The van der Waals surface area contributed by atoms with Gasteiger partial charge in [0.2, 0.25) is 10.0 Å². The molecule has 0 bridgehead atoms. The summed E-state index contributed by atoms with van der Waals surface area (Å²) in [6.45, 7) is 2.52. The molecule has 0 atom stereocenters. The molecule has 5 rings (SSSR count). The molecule has 4 nitrogen and oxygen atoms in total. The third-order valence-corrected chi connectivity index (χ3v) is 8.07. The molecule has 1 aliphatic rings. The molecule has 4 aromatic carbocycles. The van der Waals surface area contributed by atoms with E-state index in [2.05, 4.69) is 0 Å². The van der Waals surface area contributed by atoms with Crippen molar-refractivity contribution in [3.63, 3.8) is 0 Å². The molecule has 4 aromatic rings. The highest BCUT2D eigenvalue weighted by Gasteiger charge is 2.50. The minimum Gasteiger partial charge on any atom is -0.270 e. The lowest BCUT2D eigenvalue weighted by Gasteiger charge is -2.47. The average molecular weight is 467 g/mol. The highest BCUT2D eigenvalue weighted by molar-refractivity contribution is 7.89. The van der Waals surface area contributed by atoms with Gasteiger partial charge in [-0.15, -0.1) is 0 Å². The van der Waals surface area contributed by atoms with Crippen LogP contribution in [-0.4, -0.2) is 31.5 Å². The summed E-state index contributed by atoms with van der Waals surface area (Å²) >= 11 is 0.